The van der Waals surface area contributed by atoms with Crippen molar-refractivity contribution >= 4 is 40.6 Å². The van der Waals surface area contributed by atoms with Gasteiger partial charge in [-0.1, -0.05) is 60.3 Å². The molecule has 0 radical (unpaired) electrons. The van der Waals surface area contributed by atoms with Crippen molar-refractivity contribution in [2.24, 2.45) is 7.05 Å². The van der Waals surface area contributed by atoms with Crippen molar-refractivity contribution in [2.45, 2.75) is 24.5 Å². The van der Waals surface area contributed by atoms with Crippen LogP contribution >= 0.6 is 34.7 Å². The van der Waals surface area contributed by atoms with Gasteiger partial charge in [0.1, 0.15) is 0 Å². The molecule has 1 unspecified atom stereocenters. The molecule has 0 saturated heterocycles. The van der Waals surface area contributed by atoms with Crippen LogP contribution in [-0.4, -0.2) is 26.4 Å². The van der Waals surface area contributed by atoms with Crippen molar-refractivity contribution in [2.75, 3.05) is 5.75 Å². The van der Waals surface area contributed by atoms with Crippen molar-refractivity contribution in [1.29, 1.82) is 0 Å². The molecule has 0 bridgehead atoms. The predicted molar refractivity (Wildman–Crippen MR) is 116 cm³/mol. The van der Waals surface area contributed by atoms with E-state index in [0.29, 0.717) is 27.9 Å². The molecule has 1 N–H and O–H groups in total. The lowest BCUT2D eigenvalue weighted by Gasteiger charge is -2.18. The summed E-state index contributed by atoms with van der Waals surface area (Å²) in [5, 5.41) is 15.0. The van der Waals surface area contributed by atoms with Gasteiger partial charge in [0.15, 0.2) is 11.0 Å². The molecule has 0 aliphatic carbocycles. The van der Waals surface area contributed by atoms with Crippen LogP contribution in [-0.2, 0) is 13.5 Å². The second-order valence-corrected chi connectivity index (χ2v) is 8.75. The van der Waals surface area contributed by atoms with Crippen LogP contribution in [0, 0.1) is 6.92 Å². The van der Waals surface area contributed by atoms with E-state index in [1.807, 2.05) is 60.3 Å². The Bertz CT molecular complexity index is 968. The van der Waals surface area contributed by atoms with Crippen LogP contribution in [0.2, 0.25) is 0 Å². The highest BCUT2D eigenvalue weighted by Crippen LogP contribution is 2.25. The van der Waals surface area contributed by atoms with Crippen molar-refractivity contribution < 1.29 is 4.79 Å². The number of benzene rings is 1. The number of thiophene rings is 1. The lowest BCUT2D eigenvalue weighted by atomic mass is 10.0. The normalized spacial score (nSPS) is 12.0. The lowest BCUT2D eigenvalue weighted by Crippen LogP contribution is -2.31. The molecule has 5 nitrogen and oxygen atoms in total. The number of carbonyl (C=O) groups is 1. The molecule has 0 aliphatic heterocycles. The monoisotopic (exact) mass is 432 g/mol. The Morgan fingerprint density at radius 2 is 2.07 bits per heavy atom. The van der Waals surface area contributed by atoms with Crippen LogP contribution in [0.3, 0.4) is 0 Å². The largest absolute Gasteiger partial charge is 0.341 e. The number of hydrogen-bond donors (Lipinski definition) is 1. The van der Waals surface area contributed by atoms with Crippen LogP contribution in [0.5, 0.6) is 0 Å². The molecule has 28 heavy (non-hydrogen) atoms. The van der Waals surface area contributed by atoms with E-state index in [9.17, 15) is 4.79 Å². The number of halogens is 1. The summed E-state index contributed by atoms with van der Waals surface area (Å²) >= 11 is 8.77. The van der Waals surface area contributed by atoms with Gasteiger partial charge >= 0.3 is 0 Å². The number of rotatable bonds is 8. The highest BCUT2D eigenvalue weighted by atomic mass is 35.5. The topological polar surface area (TPSA) is 59.8 Å². The van der Waals surface area contributed by atoms with E-state index in [4.69, 9.17) is 11.6 Å². The molecule has 0 saturated carbocycles. The fourth-order valence-electron chi connectivity index (χ4n) is 2.78. The Labute approximate surface area is 177 Å². The molecule has 0 spiro atoms. The van der Waals surface area contributed by atoms with E-state index in [0.717, 1.165) is 16.3 Å². The van der Waals surface area contributed by atoms with Gasteiger partial charge in [0.05, 0.1) is 10.9 Å². The molecule has 2 aromatic heterocycles. The lowest BCUT2D eigenvalue weighted by molar-refractivity contribution is 0.0937. The van der Waals surface area contributed by atoms with Crippen LogP contribution in [0.1, 0.15) is 32.7 Å². The third kappa shape index (κ3) is 5.04. The molecule has 1 aromatic carbocycles. The molecule has 8 heteroatoms. The summed E-state index contributed by atoms with van der Waals surface area (Å²) in [6.07, 6.45) is 0.621. The van der Waals surface area contributed by atoms with Crippen molar-refractivity contribution in [3.63, 3.8) is 0 Å². The Kier molecular flexibility index (Phi) is 6.93. The van der Waals surface area contributed by atoms with E-state index >= 15 is 0 Å². The fourth-order valence-corrected chi connectivity index (χ4v) is 4.45. The van der Waals surface area contributed by atoms with E-state index in [-0.39, 0.29) is 11.9 Å². The van der Waals surface area contributed by atoms with E-state index in [2.05, 4.69) is 22.1 Å². The molecule has 3 aromatic rings. The number of aryl methyl sites for hydroxylation is 1. The number of nitrogens with one attached hydrogen (secondary N) is 1. The average Bonchev–Trinajstić information content (AvgIpc) is 3.26. The minimum atomic E-state index is -0.303. The molecular formula is C20H21ClN4OS2. The van der Waals surface area contributed by atoms with Gasteiger partial charge in [-0.05, 0) is 35.9 Å². The molecule has 0 aliphatic rings. The van der Waals surface area contributed by atoms with Gasteiger partial charge in [-0.15, -0.1) is 21.5 Å². The number of aromatic nitrogens is 3. The molecule has 1 amide bonds. The van der Waals surface area contributed by atoms with Crippen molar-refractivity contribution in [3.05, 3.63) is 75.2 Å². The zero-order valence-corrected chi connectivity index (χ0v) is 18.1. The SMILES string of the molecule is C=C(Cl)CSc1nnc(C(Cc2ccccc2)NC(=O)c2sccc2C)n1C. The Morgan fingerprint density at radius 1 is 1.32 bits per heavy atom. The number of nitrogens with zero attached hydrogens (tertiary/aromatic N) is 3. The van der Waals surface area contributed by atoms with Gasteiger partial charge in [-0.3, -0.25) is 4.79 Å². The zero-order chi connectivity index (χ0) is 20.1. The maximum absolute atomic E-state index is 12.8. The molecular weight excluding hydrogens is 412 g/mol. The highest BCUT2D eigenvalue weighted by molar-refractivity contribution is 7.99. The van der Waals surface area contributed by atoms with E-state index in [1.165, 1.54) is 23.1 Å². The second kappa shape index (κ2) is 9.41. The van der Waals surface area contributed by atoms with Crippen molar-refractivity contribution in [3.8, 4) is 0 Å². The first kappa shape index (κ1) is 20.6. The molecule has 3 rings (SSSR count). The summed E-state index contributed by atoms with van der Waals surface area (Å²) in [4.78, 5) is 13.6. The van der Waals surface area contributed by atoms with Crippen molar-refractivity contribution in [1.82, 2.24) is 20.1 Å². The summed E-state index contributed by atoms with van der Waals surface area (Å²) in [6.45, 7) is 5.64. The standard InChI is InChI=1S/C20H21ClN4OS2/c1-13-9-10-27-17(13)19(26)22-16(11-15-7-5-4-6-8-15)18-23-24-20(25(18)3)28-12-14(2)21/h4-10,16H,2,11-12H2,1,3H3,(H,22,26). The zero-order valence-electron chi connectivity index (χ0n) is 15.7. The third-order valence-corrected chi connectivity index (χ3v) is 6.61. The average molecular weight is 433 g/mol. The van der Waals surface area contributed by atoms with Gasteiger partial charge in [-0.2, -0.15) is 0 Å². The van der Waals surface area contributed by atoms with Crippen LogP contribution in [0.25, 0.3) is 0 Å². The number of carbonyl (C=O) groups excluding carboxylic acids is 1. The van der Waals surface area contributed by atoms with Gasteiger partial charge < -0.3 is 9.88 Å². The summed E-state index contributed by atoms with van der Waals surface area (Å²) in [6, 6.07) is 11.7. The first-order valence-electron chi connectivity index (χ1n) is 8.70. The summed E-state index contributed by atoms with van der Waals surface area (Å²) in [7, 11) is 1.90. The number of amides is 1. The second-order valence-electron chi connectivity index (χ2n) is 6.35. The smallest absolute Gasteiger partial charge is 0.262 e. The van der Waals surface area contributed by atoms with Crippen LogP contribution < -0.4 is 5.32 Å². The number of thioether (sulfide) groups is 1. The predicted octanol–water partition coefficient (Wildman–Crippen LogP) is 4.74. The van der Waals surface area contributed by atoms with Crippen LogP contribution in [0.4, 0.5) is 0 Å². The van der Waals surface area contributed by atoms with Gasteiger partial charge in [0.25, 0.3) is 5.91 Å². The third-order valence-electron chi connectivity index (χ3n) is 4.19. The highest BCUT2D eigenvalue weighted by Gasteiger charge is 2.24. The summed E-state index contributed by atoms with van der Waals surface area (Å²) < 4.78 is 1.90. The Hall–Kier alpha value is -2.09. The minimum Gasteiger partial charge on any atom is -0.341 e. The van der Waals surface area contributed by atoms with Gasteiger partial charge in [0, 0.05) is 17.8 Å². The van der Waals surface area contributed by atoms with Crippen LogP contribution in [0.15, 0.2) is 58.5 Å². The Balaban J connectivity index is 1.87. The summed E-state index contributed by atoms with van der Waals surface area (Å²) in [5.41, 5.74) is 2.08. The number of hydrogen-bond acceptors (Lipinski definition) is 5. The van der Waals surface area contributed by atoms with Gasteiger partial charge in [-0.25, -0.2) is 0 Å². The minimum absolute atomic E-state index is 0.0974. The molecule has 0 fully saturated rings. The van der Waals surface area contributed by atoms with E-state index < -0.39 is 0 Å². The summed E-state index contributed by atoms with van der Waals surface area (Å²) in [5.74, 6) is 1.16. The molecule has 146 valence electrons. The first-order valence-corrected chi connectivity index (χ1v) is 10.9. The molecule has 2 heterocycles. The fraction of sp³-hybridized carbons (Fsp3) is 0.250. The first-order chi connectivity index (χ1) is 13.5. The van der Waals surface area contributed by atoms with E-state index in [1.54, 1.807) is 0 Å². The maximum atomic E-state index is 12.8. The molecule has 1 atom stereocenters. The quantitative estimate of drug-likeness (QED) is 0.522. The maximum Gasteiger partial charge on any atom is 0.262 e. The van der Waals surface area contributed by atoms with Gasteiger partial charge in [0.2, 0.25) is 0 Å². The Morgan fingerprint density at radius 3 is 2.71 bits per heavy atom.